The molecule has 56 heavy (non-hydrogen) atoms. The van der Waals surface area contributed by atoms with Gasteiger partial charge in [0.05, 0.1) is 16.6 Å². The van der Waals surface area contributed by atoms with Crippen molar-refractivity contribution in [3.63, 3.8) is 0 Å². The van der Waals surface area contributed by atoms with Crippen LogP contribution in [0, 0.1) is 0 Å². The molecule has 3 amide bonds. The molecule has 1 aliphatic heterocycles. The van der Waals surface area contributed by atoms with E-state index in [9.17, 15) is 24.3 Å². The Hall–Kier alpha value is -5.25. The summed E-state index contributed by atoms with van der Waals surface area (Å²) in [5.74, 6) is -2.33. The number of carbonyl (C=O) groups is 4. The fourth-order valence-electron chi connectivity index (χ4n) is 6.88. The average molecular weight is 797 g/mol. The van der Waals surface area contributed by atoms with E-state index in [-0.39, 0.29) is 43.9 Å². The first-order valence-electron chi connectivity index (χ1n) is 18.4. The third-order valence-corrected chi connectivity index (χ3v) is 11.6. The van der Waals surface area contributed by atoms with Crippen LogP contribution in [0.2, 0.25) is 5.02 Å². The SMILES string of the molecule is CN1C(=O)[C@H](CCN)NC(=O)[C@H](CCCN)NCc2cccnc2Sc2c(Cl)ccc(-c3ccc(C(=O)O)cc3)c2CNC(=O)[C@@H]1Cc1c[nH]c2ccccc12. The highest BCUT2D eigenvalue weighted by atomic mass is 35.5. The largest absolute Gasteiger partial charge is 0.478 e. The van der Waals surface area contributed by atoms with Gasteiger partial charge in [0.1, 0.15) is 17.1 Å². The molecule has 0 radical (unpaired) electrons. The van der Waals surface area contributed by atoms with Crippen LogP contribution >= 0.6 is 23.4 Å². The lowest BCUT2D eigenvalue weighted by Gasteiger charge is -2.32. The predicted octanol–water partition coefficient (Wildman–Crippen LogP) is 4.46. The number of benzene rings is 3. The smallest absolute Gasteiger partial charge is 0.335 e. The number of carbonyl (C=O) groups excluding carboxylic acids is 3. The van der Waals surface area contributed by atoms with Crippen molar-refractivity contribution in [2.75, 3.05) is 20.1 Å². The van der Waals surface area contributed by atoms with Gasteiger partial charge in [0, 0.05) is 54.8 Å². The van der Waals surface area contributed by atoms with Crippen molar-refractivity contribution in [3.8, 4) is 11.1 Å². The van der Waals surface area contributed by atoms with Gasteiger partial charge in [-0.3, -0.25) is 14.4 Å². The number of fused-ring (bicyclic) bond motifs is 3. The lowest BCUT2D eigenvalue weighted by molar-refractivity contribution is -0.142. The van der Waals surface area contributed by atoms with Gasteiger partial charge in [-0.2, -0.15) is 0 Å². The summed E-state index contributed by atoms with van der Waals surface area (Å²) in [7, 11) is 1.56. The molecule has 292 valence electrons. The number of aromatic amines is 1. The van der Waals surface area contributed by atoms with E-state index in [0.717, 1.165) is 27.6 Å². The normalized spacial score (nSPS) is 18.5. The number of H-pyrrole nitrogens is 1. The number of likely N-dealkylation sites (N-methyl/N-ethyl adjacent to an activating group) is 1. The number of nitrogens with zero attached hydrogens (tertiary/aromatic N) is 2. The third-order valence-electron chi connectivity index (χ3n) is 9.97. The van der Waals surface area contributed by atoms with E-state index in [2.05, 4.69) is 20.9 Å². The number of nitrogens with two attached hydrogens (primary N) is 2. The summed E-state index contributed by atoms with van der Waals surface area (Å²) in [5, 5.41) is 20.9. The maximum absolute atomic E-state index is 14.6. The minimum absolute atomic E-state index is 0.00863. The lowest BCUT2D eigenvalue weighted by atomic mass is 9.98. The van der Waals surface area contributed by atoms with Gasteiger partial charge in [-0.05, 0) is 90.5 Å². The van der Waals surface area contributed by atoms with Crippen molar-refractivity contribution in [3.05, 3.63) is 112 Å². The van der Waals surface area contributed by atoms with Crippen molar-refractivity contribution >= 4 is 58.0 Å². The van der Waals surface area contributed by atoms with Crippen LogP contribution in [0.3, 0.4) is 0 Å². The van der Waals surface area contributed by atoms with E-state index in [0.29, 0.717) is 45.5 Å². The monoisotopic (exact) mass is 796 g/mol. The number of para-hydroxylation sites is 1. The molecule has 0 saturated heterocycles. The molecule has 0 spiro atoms. The molecule has 0 unspecified atom stereocenters. The molecule has 2 aromatic heterocycles. The molecule has 0 fully saturated rings. The van der Waals surface area contributed by atoms with Crippen LogP contribution in [0.5, 0.6) is 0 Å². The number of halogens is 1. The Morgan fingerprint density at radius 3 is 2.48 bits per heavy atom. The Bertz CT molecular complexity index is 2210. The molecule has 9 N–H and O–H groups in total. The minimum atomic E-state index is -1.05. The molecule has 3 heterocycles. The summed E-state index contributed by atoms with van der Waals surface area (Å²) in [4.78, 5) is 64.5. The number of aromatic nitrogens is 2. The summed E-state index contributed by atoms with van der Waals surface area (Å²) < 4.78 is 0. The lowest BCUT2D eigenvalue weighted by Crippen LogP contribution is -2.57. The highest BCUT2D eigenvalue weighted by Gasteiger charge is 2.34. The van der Waals surface area contributed by atoms with Gasteiger partial charge in [-0.1, -0.05) is 65.8 Å². The van der Waals surface area contributed by atoms with Crippen molar-refractivity contribution in [2.45, 2.75) is 66.8 Å². The van der Waals surface area contributed by atoms with Crippen LogP contribution in [-0.2, 0) is 33.9 Å². The molecular formula is C41H45ClN8O5S. The maximum Gasteiger partial charge on any atom is 0.335 e. The van der Waals surface area contributed by atoms with Crippen LogP contribution in [-0.4, -0.2) is 81.9 Å². The van der Waals surface area contributed by atoms with Gasteiger partial charge in [0.25, 0.3) is 0 Å². The molecule has 6 rings (SSSR count). The summed E-state index contributed by atoms with van der Waals surface area (Å²) in [6.45, 7) is 0.763. The second-order valence-electron chi connectivity index (χ2n) is 13.6. The van der Waals surface area contributed by atoms with Gasteiger partial charge in [0.2, 0.25) is 17.7 Å². The van der Waals surface area contributed by atoms with Crippen molar-refractivity contribution in [1.82, 2.24) is 30.8 Å². The zero-order valence-electron chi connectivity index (χ0n) is 30.9. The van der Waals surface area contributed by atoms with Crippen LogP contribution in [0.1, 0.15) is 46.3 Å². The van der Waals surface area contributed by atoms with E-state index >= 15 is 0 Å². The van der Waals surface area contributed by atoms with Gasteiger partial charge >= 0.3 is 5.97 Å². The predicted molar refractivity (Wildman–Crippen MR) is 217 cm³/mol. The Morgan fingerprint density at radius 1 is 0.946 bits per heavy atom. The summed E-state index contributed by atoms with van der Waals surface area (Å²) in [6.07, 6.45) is 4.79. The van der Waals surface area contributed by atoms with E-state index < -0.39 is 35.9 Å². The quantitative estimate of drug-likeness (QED) is 0.111. The molecule has 3 aromatic carbocycles. The number of amides is 3. The summed E-state index contributed by atoms with van der Waals surface area (Å²) in [6, 6.07) is 18.8. The second-order valence-corrected chi connectivity index (χ2v) is 15.0. The summed E-state index contributed by atoms with van der Waals surface area (Å²) >= 11 is 8.30. The van der Waals surface area contributed by atoms with Gasteiger partial charge in [-0.25, -0.2) is 9.78 Å². The molecule has 13 nitrogen and oxygen atoms in total. The van der Waals surface area contributed by atoms with Gasteiger partial charge in [0.15, 0.2) is 0 Å². The van der Waals surface area contributed by atoms with E-state index in [1.807, 2.05) is 42.6 Å². The maximum atomic E-state index is 14.6. The first-order chi connectivity index (χ1) is 27.1. The van der Waals surface area contributed by atoms with Crippen LogP contribution in [0.15, 0.2) is 95.1 Å². The van der Waals surface area contributed by atoms with Gasteiger partial charge in [-0.15, -0.1) is 0 Å². The number of hydrogen-bond acceptors (Lipinski definition) is 9. The molecule has 5 aromatic rings. The average Bonchev–Trinajstić information content (AvgIpc) is 3.62. The fourth-order valence-corrected chi connectivity index (χ4v) is 8.22. The molecule has 15 heteroatoms. The van der Waals surface area contributed by atoms with Crippen molar-refractivity contribution in [2.24, 2.45) is 11.5 Å². The van der Waals surface area contributed by atoms with Crippen LogP contribution in [0.25, 0.3) is 22.0 Å². The molecule has 0 bridgehead atoms. The molecule has 0 saturated carbocycles. The number of hydrogen-bond donors (Lipinski definition) is 7. The van der Waals surface area contributed by atoms with Crippen molar-refractivity contribution in [1.29, 1.82) is 0 Å². The molecular weight excluding hydrogens is 752 g/mol. The first-order valence-corrected chi connectivity index (χ1v) is 19.6. The Morgan fingerprint density at radius 2 is 1.73 bits per heavy atom. The van der Waals surface area contributed by atoms with Crippen LogP contribution < -0.4 is 27.4 Å². The number of carboxylic acid groups (broad SMARTS) is 1. The number of carboxylic acids is 1. The topological polar surface area (TPSA) is 209 Å². The van der Waals surface area contributed by atoms with Gasteiger partial charge < -0.3 is 42.4 Å². The number of rotatable bonds is 9. The van der Waals surface area contributed by atoms with Crippen molar-refractivity contribution < 1.29 is 24.3 Å². The molecule has 3 atom stereocenters. The van der Waals surface area contributed by atoms with E-state index in [4.69, 9.17) is 28.1 Å². The zero-order valence-corrected chi connectivity index (χ0v) is 32.5. The first kappa shape index (κ1) is 40.4. The third kappa shape index (κ3) is 9.23. The molecule has 0 aliphatic carbocycles. The second kappa shape index (κ2) is 18.6. The summed E-state index contributed by atoms with van der Waals surface area (Å²) in [5.41, 5.74) is 16.6. The standard InChI is InChI=1S/C41H45ClN8O5S/c1-50-35(20-27-22-46-32-8-3-2-7-29(27)32)38(52)48-23-30-28(24-10-12-25(13-11-24)41(54)55)14-15-31(42)36(30)56-39-26(6-5-19-45-39)21-47-33(9-4-17-43)37(51)49-34(16-18-44)40(50)53/h2-3,5-8,10-15,19,22,33-35,46-47H,4,9,16-18,20-21,23,43-44H2,1H3,(H,48,52)(H,49,51)(H,54,55)/t33-,34-,35-/m0/s1. The van der Waals surface area contributed by atoms with Crippen LogP contribution in [0.4, 0.5) is 0 Å². The fraction of sp³-hybridized carbons (Fsp3) is 0.293. The number of nitrogens with one attached hydrogen (secondary N) is 4. The highest BCUT2D eigenvalue weighted by molar-refractivity contribution is 7.99. The number of pyridine rings is 1. The minimum Gasteiger partial charge on any atom is -0.478 e. The molecule has 1 aliphatic rings. The van der Waals surface area contributed by atoms with E-state index in [1.54, 1.807) is 37.5 Å². The number of aromatic carboxylic acids is 1. The highest BCUT2D eigenvalue weighted by Crippen LogP contribution is 2.41. The Labute approximate surface area is 334 Å². The Balaban J connectivity index is 1.48. The Kier molecular flexibility index (Phi) is 13.4. The van der Waals surface area contributed by atoms with E-state index in [1.165, 1.54) is 28.8 Å². The zero-order chi connectivity index (χ0) is 39.8.